The minimum absolute atomic E-state index is 0.239. The van der Waals surface area contributed by atoms with Crippen molar-refractivity contribution in [2.24, 2.45) is 5.73 Å². The summed E-state index contributed by atoms with van der Waals surface area (Å²) < 4.78 is 6.02. The van der Waals surface area contributed by atoms with Crippen molar-refractivity contribution >= 4 is 17.7 Å². The molecule has 0 atom stereocenters. The van der Waals surface area contributed by atoms with Gasteiger partial charge in [-0.3, -0.25) is 4.79 Å². The highest BCUT2D eigenvalue weighted by Gasteiger charge is 2.09. The molecule has 0 aliphatic rings. The molecule has 1 amide bonds. The van der Waals surface area contributed by atoms with E-state index in [1.54, 1.807) is 11.8 Å². The maximum absolute atomic E-state index is 11.1. The smallest absolute Gasteiger partial charge is 0.221 e. The summed E-state index contributed by atoms with van der Waals surface area (Å²) in [5.74, 6) is 1.26. The summed E-state index contributed by atoms with van der Waals surface area (Å²) in [6.07, 6.45) is 2.28. The zero-order valence-electron chi connectivity index (χ0n) is 13.7. The molecule has 0 saturated heterocycles. The molecule has 0 unspecified atom stereocenters. The van der Waals surface area contributed by atoms with Crippen LogP contribution in [0.25, 0.3) is 0 Å². The van der Waals surface area contributed by atoms with Crippen LogP contribution in [0.2, 0.25) is 0 Å². The standard InChI is InChI=1S/C18H22N2O2S/c1-20(2)12-14-10-13(11-18(19)21)4-9-17(14)22-15-5-7-16(23-3)8-6-15/h4-10H,11-12H2,1-3H3,(H2,19,21). The molecule has 5 heteroatoms. The number of carbonyl (C=O) groups excluding carboxylic acids is 1. The van der Waals surface area contributed by atoms with Gasteiger partial charge in [0, 0.05) is 17.0 Å². The molecule has 0 heterocycles. The normalized spacial score (nSPS) is 10.8. The van der Waals surface area contributed by atoms with Gasteiger partial charge in [0.25, 0.3) is 0 Å². The molecular formula is C18H22N2O2S. The number of ether oxygens (including phenoxy) is 1. The zero-order valence-corrected chi connectivity index (χ0v) is 14.5. The number of benzene rings is 2. The lowest BCUT2D eigenvalue weighted by Crippen LogP contribution is -2.15. The molecular weight excluding hydrogens is 308 g/mol. The SMILES string of the molecule is CSc1ccc(Oc2ccc(CC(N)=O)cc2CN(C)C)cc1. The van der Waals surface area contributed by atoms with Crippen molar-refractivity contribution in [3.63, 3.8) is 0 Å². The average Bonchev–Trinajstić information content (AvgIpc) is 2.49. The number of thioether (sulfide) groups is 1. The first kappa shape index (κ1) is 17.4. The van der Waals surface area contributed by atoms with E-state index in [4.69, 9.17) is 10.5 Å². The first-order chi connectivity index (χ1) is 11.0. The molecule has 0 radical (unpaired) electrons. The highest BCUT2D eigenvalue weighted by Crippen LogP contribution is 2.28. The van der Waals surface area contributed by atoms with Gasteiger partial charge in [-0.1, -0.05) is 12.1 Å². The third-order valence-corrected chi connectivity index (χ3v) is 4.02. The van der Waals surface area contributed by atoms with Gasteiger partial charge < -0.3 is 15.4 Å². The molecule has 4 nitrogen and oxygen atoms in total. The molecule has 2 N–H and O–H groups in total. The van der Waals surface area contributed by atoms with Crippen LogP contribution in [-0.4, -0.2) is 31.2 Å². The molecule has 2 rings (SSSR count). The Balaban J connectivity index is 2.25. The van der Waals surface area contributed by atoms with Crippen molar-refractivity contribution in [3.8, 4) is 11.5 Å². The lowest BCUT2D eigenvalue weighted by atomic mass is 10.1. The lowest BCUT2D eigenvalue weighted by molar-refractivity contribution is -0.117. The Bertz CT molecular complexity index is 669. The molecule has 2 aromatic carbocycles. The summed E-state index contributed by atoms with van der Waals surface area (Å²) in [5, 5.41) is 0. The van der Waals surface area contributed by atoms with Crippen LogP contribution in [0.3, 0.4) is 0 Å². The fourth-order valence-corrected chi connectivity index (χ4v) is 2.69. The Kier molecular flexibility index (Phi) is 6.07. The monoisotopic (exact) mass is 330 g/mol. The van der Waals surface area contributed by atoms with Crippen molar-refractivity contribution in [3.05, 3.63) is 53.6 Å². The Morgan fingerprint density at radius 1 is 1.17 bits per heavy atom. The van der Waals surface area contributed by atoms with Crippen LogP contribution in [0, 0.1) is 0 Å². The van der Waals surface area contributed by atoms with Crippen LogP contribution < -0.4 is 10.5 Å². The third kappa shape index (κ3) is 5.30. The summed E-state index contributed by atoms with van der Waals surface area (Å²) in [5.41, 5.74) is 7.21. The molecule has 0 spiro atoms. The van der Waals surface area contributed by atoms with Gasteiger partial charge in [0.2, 0.25) is 5.91 Å². The van der Waals surface area contributed by atoms with Crippen LogP contribution in [-0.2, 0) is 17.8 Å². The lowest BCUT2D eigenvalue weighted by Gasteiger charge is -2.16. The number of nitrogens with two attached hydrogens (primary N) is 1. The van der Waals surface area contributed by atoms with Gasteiger partial charge in [0.15, 0.2) is 0 Å². The van der Waals surface area contributed by atoms with Gasteiger partial charge >= 0.3 is 0 Å². The quantitative estimate of drug-likeness (QED) is 0.792. The minimum atomic E-state index is -0.331. The molecule has 2 aromatic rings. The topological polar surface area (TPSA) is 55.6 Å². The van der Waals surface area contributed by atoms with Crippen molar-refractivity contribution in [1.82, 2.24) is 4.90 Å². The van der Waals surface area contributed by atoms with E-state index < -0.39 is 0 Å². The van der Waals surface area contributed by atoms with E-state index in [9.17, 15) is 4.79 Å². The molecule has 0 aromatic heterocycles. The van der Waals surface area contributed by atoms with Gasteiger partial charge in [-0.05, 0) is 56.2 Å². The minimum Gasteiger partial charge on any atom is -0.457 e. The number of nitrogens with zero attached hydrogens (tertiary/aromatic N) is 1. The predicted molar refractivity (Wildman–Crippen MR) is 95.0 cm³/mol. The summed E-state index contributed by atoms with van der Waals surface area (Å²) >= 11 is 1.70. The summed E-state index contributed by atoms with van der Waals surface area (Å²) in [4.78, 5) is 14.4. The number of primary amides is 1. The van der Waals surface area contributed by atoms with Crippen molar-refractivity contribution < 1.29 is 9.53 Å². The van der Waals surface area contributed by atoms with Gasteiger partial charge in [-0.15, -0.1) is 11.8 Å². The van der Waals surface area contributed by atoms with E-state index >= 15 is 0 Å². The molecule has 0 fully saturated rings. The number of hydrogen-bond acceptors (Lipinski definition) is 4. The molecule has 0 bridgehead atoms. The molecule has 0 aliphatic heterocycles. The summed E-state index contributed by atoms with van der Waals surface area (Å²) in [6.45, 7) is 0.727. The average molecular weight is 330 g/mol. The fourth-order valence-electron chi connectivity index (χ4n) is 2.28. The zero-order chi connectivity index (χ0) is 16.8. The number of carbonyl (C=O) groups is 1. The molecule has 122 valence electrons. The van der Waals surface area contributed by atoms with Gasteiger partial charge in [-0.2, -0.15) is 0 Å². The van der Waals surface area contributed by atoms with Crippen LogP contribution in [0.5, 0.6) is 11.5 Å². The third-order valence-electron chi connectivity index (χ3n) is 3.28. The Hall–Kier alpha value is -1.98. The number of rotatable bonds is 7. The Morgan fingerprint density at radius 3 is 2.43 bits per heavy atom. The largest absolute Gasteiger partial charge is 0.457 e. The molecule has 0 saturated carbocycles. The van der Waals surface area contributed by atoms with Gasteiger partial charge in [0.05, 0.1) is 6.42 Å². The van der Waals surface area contributed by atoms with Crippen molar-refractivity contribution in [2.75, 3.05) is 20.4 Å². The van der Waals surface area contributed by atoms with Gasteiger partial charge in [-0.25, -0.2) is 0 Å². The van der Waals surface area contributed by atoms with E-state index in [-0.39, 0.29) is 12.3 Å². The number of amides is 1. The van der Waals surface area contributed by atoms with Gasteiger partial charge in [0.1, 0.15) is 11.5 Å². The van der Waals surface area contributed by atoms with E-state index in [2.05, 4.69) is 4.90 Å². The van der Waals surface area contributed by atoms with Crippen LogP contribution in [0.15, 0.2) is 47.4 Å². The fraction of sp³-hybridized carbons (Fsp3) is 0.278. The second kappa shape index (κ2) is 8.04. The summed E-state index contributed by atoms with van der Waals surface area (Å²) in [7, 11) is 4.00. The predicted octanol–water partition coefficient (Wildman–Crippen LogP) is 3.29. The maximum atomic E-state index is 11.1. The Labute approximate surface area is 141 Å². The highest BCUT2D eigenvalue weighted by atomic mass is 32.2. The Morgan fingerprint density at radius 2 is 1.87 bits per heavy atom. The highest BCUT2D eigenvalue weighted by molar-refractivity contribution is 7.98. The van der Waals surface area contributed by atoms with E-state index in [1.165, 1.54) is 4.90 Å². The van der Waals surface area contributed by atoms with E-state index in [0.717, 1.165) is 29.2 Å². The second-order valence-electron chi connectivity index (χ2n) is 5.60. The molecule has 23 heavy (non-hydrogen) atoms. The first-order valence-electron chi connectivity index (χ1n) is 7.34. The maximum Gasteiger partial charge on any atom is 0.221 e. The molecule has 0 aliphatic carbocycles. The van der Waals surface area contributed by atoms with Crippen LogP contribution >= 0.6 is 11.8 Å². The van der Waals surface area contributed by atoms with E-state index in [0.29, 0.717) is 0 Å². The van der Waals surface area contributed by atoms with Crippen molar-refractivity contribution in [2.45, 2.75) is 17.9 Å². The van der Waals surface area contributed by atoms with Crippen molar-refractivity contribution in [1.29, 1.82) is 0 Å². The van der Waals surface area contributed by atoms with Crippen LogP contribution in [0.1, 0.15) is 11.1 Å². The first-order valence-corrected chi connectivity index (χ1v) is 8.57. The van der Waals surface area contributed by atoms with E-state index in [1.807, 2.05) is 62.8 Å². The second-order valence-corrected chi connectivity index (χ2v) is 6.48. The summed E-state index contributed by atoms with van der Waals surface area (Å²) in [6, 6.07) is 13.8. The number of hydrogen-bond donors (Lipinski definition) is 1. The van der Waals surface area contributed by atoms with Crippen LogP contribution in [0.4, 0.5) is 0 Å².